The van der Waals surface area contributed by atoms with E-state index in [-0.39, 0.29) is 0 Å². The molecule has 0 radical (unpaired) electrons. The van der Waals surface area contributed by atoms with Crippen molar-refractivity contribution in [2.24, 2.45) is 17.8 Å². The van der Waals surface area contributed by atoms with E-state index in [0.717, 1.165) is 19.5 Å². The van der Waals surface area contributed by atoms with Crippen LogP contribution in [0.5, 0.6) is 0 Å². The number of carbonyl (C=O) groups is 1. The van der Waals surface area contributed by atoms with Crippen molar-refractivity contribution in [3.63, 3.8) is 0 Å². The summed E-state index contributed by atoms with van der Waals surface area (Å²) >= 11 is 0. The third-order valence-electron chi connectivity index (χ3n) is 2.70. The summed E-state index contributed by atoms with van der Waals surface area (Å²) in [5.41, 5.74) is 0. The Kier molecular flexibility index (Phi) is 2.53. The first-order valence-electron chi connectivity index (χ1n) is 4.34. The molecule has 0 saturated carbocycles. The van der Waals surface area contributed by atoms with Crippen LogP contribution < -0.4 is 0 Å². The highest BCUT2D eigenvalue weighted by atomic mass is 16.1. The number of hydrogen-bond donors (Lipinski definition) is 0. The molecule has 2 heteroatoms. The van der Waals surface area contributed by atoms with Crippen LogP contribution in [0.1, 0.15) is 20.8 Å². The van der Waals surface area contributed by atoms with E-state index >= 15 is 0 Å². The lowest BCUT2D eigenvalue weighted by Crippen LogP contribution is -2.19. The summed E-state index contributed by atoms with van der Waals surface area (Å²) < 4.78 is 0. The number of amides is 1. The van der Waals surface area contributed by atoms with Crippen LogP contribution >= 0.6 is 0 Å². The van der Waals surface area contributed by atoms with Crippen LogP contribution in [0.2, 0.25) is 0 Å². The second-order valence-electron chi connectivity index (χ2n) is 3.94. The van der Waals surface area contributed by atoms with Gasteiger partial charge in [0.2, 0.25) is 6.41 Å². The summed E-state index contributed by atoms with van der Waals surface area (Å²) in [6.07, 6.45) is 0.971. The first-order chi connectivity index (χ1) is 5.15. The van der Waals surface area contributed by atoms with Crippen molar-refractivity contribution in [1.29, 1.82) is 0 Å². The van der Waals surface area contributed by atoms with Gasteiger partial charge in [-0.2, -0.15) is 0 Å². The van der Waals surface area contributed by atoms with E-state index in [1.807, 2.05) is 4.90 Å². The van der Waals surface area contributed by atoms with E-state index in [4.69, 9.17) is 0 Å². The minimum Gasteiger partial charge on any atom is -0.345 e. The maximum atomic E-state index is 10.4. The smallest absolute Gasteiger partial charge is 0.209 e. The highest BCUT2D eigenvalue weighted by Crippen LogP contribution is 2.27. The largest absolute Gasteiger partial charge is 0.345 e. The summed E-state index contributed by atoms with van der Waals surface area (Å²) in [6.45, 7) is 8.60. The molecule has 1 fully saturated rings. The van der Waals surface area contributed by atoms with Crippen molar-refractivity contribution in [1.82, 2.24) is 4.90 Å². The molecule has 2 nitrogen and oxygen atoms in total. The number of hydrogen-bond acceptors (Lipinski definition) is 1. The summed E-state index contributed by atoms with van der Waals surface area (Å²) in [4.78, 5) is 12.3. The van der Waals surface area contributed by atoms with E-state index in [9.17, 15) is 4.79 Å². The van der Waals surface area contributed by atoms with Crippen molar-refractivity contribution in [2.45, 2.75) is 20.8 Å². The third-order valence-corrected chi connectivity index (χ3v) is 2.70. The van der Waals surface area contributed by atoms with Gasteiger partial charge in [0.05, 0.1) is 0 Å². The molecule has 2 unspecified atom stereocenters. The zero-order chi connectivity index (χ0) is 8.43. The molecule has 0 aromatic carbocycles. The number of nitrogens with zero attached hydrogens (tertiary/aromatic N) is 1. The standard InChI is InChI=1S/C9H17NO/c1-7(2)9-5-10(6-11)4-8(9)3/h6-9H,4-5H2,1-3H3. The molecular formula is C9H17NO. The molecule has 1 aliphatic rings. The number of likely N-dealkylation sites (tertiary alicyclic amines) is 1. The molecule has 1 saturated heterocycles. The van der Waals surface area contributed by atoms with E-state index in [1.165, 1.54) is 0 Å². The molecule has 1 aliphatic heterocycles. The monoisotopic (exact) mass is 155 g/mol. The van der Waals surface area contributed by atoms with Gasteiger partial charge in [0.15, 0.2) is 0 Å². The summed E-state index contributed by atoms with van der Waals surface area (Å²) in [5, 5.41) is 0. The van der Waals surface area contributed by atoms with Gasteiger partial charge in [-0.1, -0.05) is 20.8 Å². The highest BCUT2D eigenvalue weighted by Gasteiger charge is 2.30. The molecule has 2 atom stereocenters. The van der Waals surface area contributed by atoms with E-state index in [0.29, 0.717) is 17.8 Å². The SMILES string of the molecule is CC(C)C1CN(C=O)CC1C. The Labute approximate surface area is 68.6 Å². The minimum atomic E-state index is 0.681. The molecule has 0 spiro atoms. The van der Waals surface area contributed by atoms with Gasteiger partial charge >= 0.3 is 0 Å². The van der Waals surface area contributed by atoms with Crippen LogP contribution in [0.4, 0.5) is 0 Å². The second kappa shape index (κ2) is 3.24. The van der Waals surface area contributed by atoms with E-state index < -0.39 is 0 Å². The van der Waals surface area contributed by atoms with Crippen molar-refractivity contribution in [3.05, 3.63) is 0 Å². The molecule has 0 aromatic heterocycles. The second-order valence-corrected chi connectivity index (χ2v) is 3.94. The molecule has 1 heterocycles. The lowest BCUT2D eigenvalue weighted by Gasteiger charge is -2.17. The van der Waals surface area contributed by atoms with Gasteiger partial charge in [0, 0.05) is 13.1 Å². The Morgan fingerprint density at radius 3 is 2.36 bits per heavy atom. The van der Waals surface area contributed by atoms with Crippen LogP contribution in [-0.2, 0) is 4.79 Å². The number of carbonyl (C=O) groups excluding carboxylic acids is 1. The normalized spacial score (nSPS) is 31.5. The van der Waals surface area contributed by atoms with Crippen molar-refractivity contribution in [2.75, 3.05) is 13.1 Å². The zero-order valence-electron chi connectivity index (χ0n) is 7.58. The van der Waals surface area contributed by atoms with Crippen LogP contribution in [-0.4, -0.2) is 24.4 Å². The van der Waals surface area contributed by atoms with Crippen LogP contribution in [0, 0.1) is 17.8 Å². The molecule has 64 valence electrons. The van der Waals surface area contributed by atoms with Gasteiger partial charge in [-0.05, 0) is 17.8 Å². The maximum absolute atomic E-state index is 10.4. The number of rotatable bonds is 2. The Morgan fingerprint density at radius 2 is 2.09 bits per heavy atom. The zero-order valence-corrected chi connectivity index (χ0v) is 7.58. The Bertz CT molecular complexity index is 144. The summed E-state index contributed by atoms with van der Waals surface area (Å²) in [7, 11) is 0. The first-order valence-corrected chi connectivity index (χ1v) is 4.34. The van der Waals surface area contributed by atoms with Gasteiger partial charge in [-0.25, -0.2) is 0 Å². The Hall–Kier alpha value is -0.530. The van der Waals surface area contributed by atoms with Gasteiger partial charge < -0.3 is 4.90 Å². The highest BCUT2D eigenvalue weighted by molar-refractivity contribution is 5.47. The topological polar surface area (TPSA) is 20.3 Å². The van der Waals surface area contributed by atoms with Crippen molar-refractivity contribution in [3.8, 4) is 0 Å². The summed E-state index contributed by atoms with van der Waals surface area (Å²) in [6, 6.07) is 0. The van der Waals surface area contributed by atoms with Gasteiger partial charge in [0.25, 0.3) is 0 Å². The molecule has 0 aromatic rings. The molecule has 0 N–H and O–H groups in total. The predicted molar refractivity (Wildman–Crippen MR) is 45.1 cm³/mol. The maximum Gasteiger partial charge on any atom is 0.209 e. The molecule has 0 aliphatic carbocycles. The van der Waals surface area contributed by atoms with Crippen LogP contribution in [0.15, 0.2) is 0 Å². The van der Waals surface area contributed by atoms with E-state index in [2.05, 4.69) is 20.8 Å². The minimum absolute atomic E-state index is 0.681. The fourth-order valence-electron chi connectivity index (χ4n) is 1.98. The van der Waals surface area contributed by atoms with E-state index in [1.54, 1.807) is 0 Å². The van der Waals surface area contributed by atoms with Crippen molar-refractivity contribution >= 4 is 6.41 Å². The lowest BCUT2D eigenvalue weighted by molar-refractivity contribution is -0.117. The summed E-state index contributed by atoms with van der Waals surface area (Å²) in [5.74, 6) is 2.09. The molecule has 1 amide bonds. The lowest BCUT2D eigenvalue weighted by atomic mass is 9.88. The quantitative estimate of drug-likeness (QED) is 0.551. The van der Waals surface area contributed by atoms with Gasteiger partial charge in [0.1, 0.15) is 0 Å². The van der Waals surface area contributed by atoms with Crippen LogP contribution in [0.3, 0.4) is 0 Å². The predicted octanol–water partition coefficient (Wildman–Crippen LogP) is 1.37. The van der Waals surface area contributed by atoms with Gasteiger partial charge in [-0.3, -0.25) is 4.79 Å². The average molecular weight is 155 g/mol. The Morgan fingerprint density at radius 1 is 1.45 bits per heavy atom. The first kappa shape index (κ1) is 8.57. The van der Waals surface area contributed by atoms with Crippen LogP contribution in [0.25, 0.3) is 0 Å². The average Bonchev–Trinajstić information content (AvgIpc) is 2.30. The molecular weight excluding hydrogens is 138 g/mol. The fourth-order valence-corrected chi connectivity index (χ4v) is 1.98. The molecule has 1 rings (SSSR count). The molecule has 0 bridgehead atoms. The fraction of sp³-hybridized carbons (Fsp3) is 0.889. The van der Waals surface area contributed by atoms with Crippen molar-refractivity contribution < 1.29 is 4.79 Å². The Balaban J connectivity index is 2.51. The molecule has 11 heavy (non-hydrogen) atoms. The van der Waals surface area contributed by atoms with Gasteiger partial charge in [-0.15, -0.1) is 0 Å². The third kappa shape index (κ3) is 1.73.